The molecule has 0 unspecified atom stereocenters. The van der Waals surface area contributed by atoms with Gasteiger partial charge in [0, 0.05) is 0 Å². The molecule has 1 heterocycles. The van der Waals surface area contributed by atoms with Gasteiger partial charge in [0.15, 0.2) is 0 Å². The number of cyclic esters (lactones) is 1. The molecule has 0 saturated heterocycles. The van der Waals surface area contributed by atoms with Gasteiger partial charge in [0.1, 0.15) is 17.1 Å². The molecule has 2 aromatic rings. The van der Waals surface area contributed by atoms with Crippen LogP contribution in [0.25, 0.3) is 11.1 Å². The smallest absolute Gasteiger partial charge is 0.344 e. The molecule has 0 aliphatic carbocycles. The number of ether oxygens (including phenoxy) is 1. The lowest BCUT2D eigenvalue weighted by atomic mass is 10.0. The molecule has 5 nitrogen and oxygen atoms in total. The number of carboxylic acid groups (broad SMARTS) is 1. The summed E-state index contributed by atoms with van der Waals surface area (Å²) in [6.45, 7) is 0. The highest BCUT2D eigenvalue weighted by molar-refractivity contribution is 6.24. The van der Waals surface area contributed by atoms with Crippen molar-refractivity contribution in [3.63, 3.8) is 0 Å². The van der Waals surface area contributed by atoms with E-state index < -0.39 is 11.9 Å². The zero-order chi connectivity index (χ0) is 16.4. The number of benzene rings is 2. The van der Waals surface area contributed by atoms with Crippen LogP contribution in [0.1, 0.15) is 11.1 Å². The van der Waals surface area contributed by atoms with Crippen LogP contribution in [-0.4, -0.2) is 22.2 Å². The second-order valence-electron chi connectivity index (χ2n) is 4.90. The monoisotopic (exact) mass is 308 g/mol. The molecule has 0 amide bonds. The van der Waals surface area contributed by atoms with Crippen LogP contribution in [0.4, 0.5) is 0 Å². The van der Waals surface area contributed by atoms with Crippen LogP contribution in [0.5, 0.6) is 5.75 Å². The number of carbonyl (C=O) groups excluding carboxylic acids is 1. The normalized spacial score (nSPS) is 15.8. The number of hydrogen-bond donors (Lipinski definition) is 2. The summed E-state index contributed by atoms with van der Waals surface area (Å²) in [7, 11) is 0. The highest BCUT2D eigenvalue weighted by Gasteiger charge is 2.28. The Kier molecular flexibility index (Phi) is 3.68. The maximum atomic E-state index is 12.0. The average Bonchev–Trinajstić information content (AvgIpc) is 2.91. The molecule has 3 rings (SSSR count). The third-order valence-corrected chi connectivity index (χ3v) is 3.40. The van der Waals surface area contributed by atoms with E-state index in [9.17, 15) is 19.8 Å². The standard InChI is InChI=1S/C18H12O5/c19-13-8-6-12(7-9-13)16(17(20)21)15-10-14(18(22)23-15)11-4-2-1-3-5-11/h1-10,19H,(H,20,21)/b16-15+. The molecule has 0 spiro atoms. The first-order valence-corrected chi connectivity index (χ1v) is 6.82. The highest BCUT2D eigenvalue weighted by atomic mass is 16.5. The summed E-state index contributed by atoms with van der Waals surface area (Å²) in [5, 5.41) is 18.8. The Balaban J connectivity index is 2.11. The second-order valence-corrected chi connectivity index (χ2v) is 4.90. The molecule has 1 aliphatic heterocycles. The zero-order valence-corrected chi connectivity index (χ0v) is 11.9. The lowest BCUT2D eigenvalue weighted by Gasteiger charge is -2.05. The molecular weight excluding hydrogens is 296 g/mol. The fourth-order valence-corrected chi connectivity index (χ4v) is 2.32. The Morgan fingerprint density at radius 3 is 2.22 bits per heavy atom. The maximum absolute atomic E-state index is 12.0. The Bertz CT molecular complexity index is 829. The van der Waals surface area contributed by atoms with E-state index in [1.165, 1.54) is 30.3 Å². The minimum absolute atomic E-state index is 0.0208. The van der Waals surface area contributed by atoms with Crippen molar-refractivity contribution in [2.24, 2.45) is 0 Å². The first kappa shape index (κ1) is 14.6. The summed E-state index contributed by atoms with van der Waals surface area (Å²) < 4.78 is 5.14. The van der Waals surface area contributed by atoms with Crippen LogP contribution < -0.4 is 0 Å². The number of aromatic hydroxyl groups is 1. The lowest BCUT2D eigenvalue weighted by molar-refractivity contribution is -0.131. The van der Waals surface area contributed by atoms with Gasteiger partial charge >= 0.3 is 11.9 Å². The number of hydrogen-bond acceptors (Lipinski definition) is 4. The molecular formula is C18H12O5. The number of allylic oxidation sites excluding steroid dienone is 1. The topological polar surface area (TPSA) is 83.8 Å². The second kappa shape index (κ2) is 5.81. The number of phenolic OH excluding ortho intramolecular Hbond substituents is 1. The van der Waals surface area contributed by atoms with E-state index in [0.29, 0.717) is 16.7 Å². The summed E-state index contributed by atoms with van der Waals surface area (Å²) in [6.07, 6.45) is 1.42. The molecule has 5 heteroatoms. The quantitative estimate of drug-likeness (QED) is 0.673. The summed E-state index contributed by atoms with van der Waals surface area (Å²) >= 11 is 0. The van der Waals surface area contributed by atoms with Gasteiger partial charge in [-0.05, 0) is 29.3 Å². The van der Waals surface area contributed by atoms with Gasteiger partial charge < -0.3 is 14.9 Å². The predicted octanol–water partition coefficient (Wildman–Crippen LogP) is 2.83. The van der Waals surface area contributed by atoms with Crippen LogP contribution >= 0.6 is 0 Å². The van der Waals surface area contributed by atoms with E-state index >= 15 is 0 Å². The van der Waals surface area contributed by atoms with Crippen molar-refractivity contribution in [1.82, 2.24) is 0 Å². The number of carboxylic acids is 1. The number of esters is 1. The van der Waals surface area contributed by atoms with Gasteiger partial charge in [-0.25, -0.2) is 9.59 Å². The maximum Gasteiger partial charge on any atom is 0.344 e. The Morgan fingerprint density at radius 2 is 1.61 bits per heavy atom. The van der Waals surface area contributed by atoms with Crippen molar-refractivity contribution in [3.05, 3.63) is 77.6 Å². The highest BCUT2D eigenvalue weighted by Crippen LogP contribution is 2.31. The number of aliphatic carboxylic acids is 1. The summed E-state index contributed by atoms with van der Waals surface area (Å²) in [4.78, 5) is 23.6. The summed E-state index contributed by atoms with van der Waals surface area (Å²) in [6, 6.07) is 14.5. The molecule has 0 atom stereocenters. The molecule has 1 aliphatic rings. The fourth-order valence-electron chi connectivity index (χ4n) is 2.32. The van der Waals surface area contributed by atoms with E-state index in [0.717, 1.165) is 0 Å². The molecule has 2 N–H and O–H groups in total. The first-order valence-electron chi connectivity index (χ1n) is 6.82. The van der Waals surface area contributed by atoms with Gasteiger partial charge in [-0.2, -0.15) is 0 Å². The minimum Gasteiger partial charge on any atom is -0.508 e. The van der Waals surface area contributed by atoms with Crippen LogP contribution in [-0.2, 0) is 14.3 Å². The van der Waals surface area contributed by atoms with Gasteiger partial charge in [-0.1, -0.05) is 42.5 Å². The molecule has 0 bridgehead atoms. The predicted molar refractivity (Wildman–Crippen MR) is 83.2 cm³/mol. The van der Waals surface area contributed by atoms with E-state index in [1.807, 2.05) is 6.07 Å². The third kappa shape index (κ3) is 2.85. The van der Waals surface area contributed by atoms with Crippen LogP contribution in [0.3, 0.4) is 0 Å². The third-order valence-electron chi connectivity index (χ3n) is 3.40. The number of rotatable bonds is 3. The SMILES string of the molecule is O=C1O/C(=C(/C(=O)O)c2ccc(O)cc2)C=C1c1ccccc1. The van der Waals surface area contributed by atoms with Crippen molar-refractivity contribution < 1.29 is 24.5 Å². The van der Waals surface area contributed by atoms with Crippen molar-refractivity contribution in [2.75, 3.05) is 0 Å². The van der Waals surface area contributed by atoms with Crippen molar-refractivity contribution >= 4 is 23.1 Å². The zero-order valence-electron chi connectivity index (χ0n) is 11.9. The lowest BCUT2D eigenvalue weighted by Crippen LogP contribution is -2.05. The Hall–Kier alpha value is -3.34. The first-order chi connectivity index (χ1) is 11.1. The summed E-state index contributed by atoms with van der Waals surface area (Å²) in [5.74, 6) is -1.81. The van der Waals surface area contributed by atoms with Crippen molar-refractivity contribution in [1.29, 1.82) is 0 Å². The molecule has 0 radical (unpaired) electrons. The molecule has 114 valence electrons. The molecule has 2 aromatic carbocycles. The Morgan fingerprint density at radius 1 is 0.957 bits per heavy atom. The van der Waals surface area contributed by atoms with E-state index in [2.05, 4.69) is 0 Å². The van der Waals surface area contributed by atoms with Gasteiger partial charge in [0.05, 0.1) is 5.57 Å². The van der Waals surface area contributed by atoms with E-state index in [4.69, 9.17) is 4.74 Å². The van der Waals surface area contributed by atoms with Gasteiger partial charge in [0.25, 0.3) is 0 Å². The van der Waals surface area contributed by atoms with Crippen LogP contribution in [0.15, 0.2) is 66.4 Å². The Labute approximate surface area is 131 Å². The number of phenols is 1. The van der Waals surface area contributed by atoms with Crippen molar-refractivity contribution in [2.45, 2.75) is 0 Å². The van der Waals surface area contributed by atoms with Gasteiger partial charge in [0.2, 0.25) is 0 Å². The molecule has 23 heavy (non-hydrogen) atoms. The van der Waals surface area contributed by atoms with E-state index in [1.54, 1.807) is 24.3 Å². The van der Waals surface area contributed by atoms with Crippen LogP contribution in [0, 0.1) is 0 Å². The van der Waals surface area contributed by atoms with Gasteiger partial charge in [-0.3, -0.25) is 0 Å². The summed E-state index contributed by atoms with van der Waals surface area (Å²) in [5.41, 5.74) is 1.16. The minimum atomic E-state index is -1.22. The molecule has 0 aromatic heterocycles. The van der Waals surface area contributed by atoms with Crippen LogP contribution in [0.2, 0.25) is 0 Å². The van der Waals surface area contributed by atoms with Gasteiger partial charge in [-0.15, -0.1) is 0 Å². The average molecular weight is 308 g/mol. The van der Waals surface area contributed by atoms with Crippen molar-refractivity contribution in [3.8, 4) is 5.75 Å². The molecule has 0 fully saturated rings. The van der Waals surface area contributed by atoms with E-state index in [-0.39, 0.29) is 17.1 Å². The molecule has 0 saturated carbocycles. The number of carbonyl (C=O) groups is 2. The largest absolute Gasteiger partial charge is 0.508 e. The fraction of sp³-hybridized carbons (Fsp3) is 0.